The quantitative estimate of drug-likeness (QED) is 0.718. The van der Waals surface area contributed by atoms with E-state index in [2.05, 4.69) is 20.9 Å². The van der Waals surface area contributed by atoms with Crippen molar-refractivity contribution in [1.29, 1.82) is 0 Å². The lowest BCUT2D eigenvalue weighted by Gasteiger charge is -2.35. The molecule has 1 unspecified atom stereocenters. The molecule has 0 bridgehead atoms. The molecule has 1 aliphatic heterocycles. The lowest BCUT2D eigenvalue weighted by molar-refractivity contribution is -0.121. The zero-order valence-corrected chi connectivity index (χ0v) is 16.7. The number of carbonyl (C=O) groups excluding carboxylic acids is 2. The summed E-state index contributed by atoms with van der Waals surface area (Å²) in [6.45, 7) is 5.08. The molecule has 2 aromatic rings. The number of rotatable bonds is 5. The van der Waals surface area contributed by atoms with Crippen LogP contribution in [0.4, 0.5) is 20.6 Å². The van der Waals surface area contributed by atoms with E-state index in [1.807, 2.05) is 44.2 Å². The predicted molar refractivity (Wildman–Crippen MR) is 112 cm³/mol. The Balaban J connectivity index is 1.46. The molecule has 6 nitrogen and oxygen atoms in total. The number of hydrogen-bond acceptors (Lipinski definition) is 3. The standard InChI is InChI=1S/C22H27FN4O2/c1-15-8-9-17(23)14-20(15)26-21(28)16(2)27-12-10-19(11-13-27)25-22(29)24-18-6-4-3-5-7-18/h3-9,14,16,19H,10-13H2,1-2H3,(H,26,28)(H2,24,25,29). The van der Waals surface area contributed by atoms with E-state index >= 15 is 0 Å². The zero-order valence-electron chi connectivity index (χ0n) is 16.7. The lowest BCUT2D eigenvalue weighted by Crippen LogP contribution is -2.51. The van der Waals surface area contributed by atoms with Gasteiger partial charge >= 0.3 is 6.03 Å². The van der Waals surface area contributed by atoms with Crippen LogP contribution in [0.5, 0.6) is 0 Å². The van der Waals surface area contributed by atoms with Gasteiger partial charge in [-0.15, -0.1) is 0 Å². The number of piperidine rings is 1. The van der Waals surface area contributed by atoms with E-state index in [4.69, 9.17) is 0 Å². The molecular formula is C22H27FN4O2. The fraction of sp³-hybridized carbons (Fsp3) is 0.364. The van der Waals surface area contributed by atoms with Crippen LogP contribution in [0.3, 0.4) is 0 Å². The highest BCUT2D eigenvalue weighted by Gasteiger charge is 2.27. The fourth-order valence-electron chi connectivity index (χ4n) is 3.44. The second-order valence-electron chi connectivity index (χ2n) is 7.40. The van der Waals surface area contributed by atoms with Crippen molar-refractivity contribution < 1.29 is 14.0 Å². The second kappa shape index (κ2) is 9.52. The van der Waals surface area contributed by atoms with Crippen molar-refractivity contribution in [2.75, 3.05) is 23.7 Å². The monoisotopic (exact) mass is 398 g/mol. The van der Waals surface area contributed by atoms with Crippen molar-refractivity contribution in [2.45, 2.75) is 38.8 Å². The van der Waals surface area contributed by atoms with Crippen molar-refractivity contribution >= 4 is 23.3 Å². The number of para-hydroxylation sites is 1. The lowest BCUT2D eigenvalue weighted by atomic mass is 10.0. The molecule has 0 saturated carbocycles. The molecule has 1 heterocycles. The smallest absolute Gasteiger partial charge is 0.319 e. The van der Waals surface area contributed by atoms with Crippen LogP contribution in [0.15, 0.2) is 48.5 Å². The third kappa shape index (κ3) is 5.77. The first-order chi connectivity index (χ1) is 13.9. The summed E-state index contributed by atoms with van der Waals surface area (Å²) in [5, 5.41) is 8.63. The normalized spacial score (nSPS) is 16.1. The Labute approximate surface area is 170 Å². The number of benzene rings is 2. The van der Waals surface area contributed by atoms with Crippen molar-refractivity contribution in [3.63, 3.8) is 0 Å². The third-order valence-electron chi connectivity index (χ3n) is 5.28. The highest BCUT2D eigenvalue weighted by atomic mass is 19.1. The van der Waals surface area contributed by atoms with Crippen LogP contribution in [0.2, 0.25) is 0 Å². The molecule has 1 aliphatic rings. The van der Waals surface area contributed by atoms with Crippen molar-refractivity contribution in [2.24, 2.45) is 0 Å². The van der Waals surface area contributed by atoms with E-state index < -0.39 is 0 Å². The summed E-state index contributed by atoms with van der Waals surface area (Å²) < 4.78 is 13.4. The summed E-state index contributed by atoms with van der Waals surface area (Å²) >= 11 is 0. The van der Waals surface area contributed by atoms with E-state index in [1.165, 1.54) is 12.1 Å². The Hall–Kier alpha value is -2.93. The molecule has 0 aromatic heterocycles. The molecule has 1 atom stereocenters. The van der Waals surface area contributed by atoms with Crippen LogP contribution in [-0.4, -0.2) is 42.0 Å². The summed E-state index contributed by atoms with van der Waals surface area (Å²) in [5.41, 5.74) is 2.07. The molecule has 3 rings (SSSR count). The van der Waals surface area contributed by atoms with Crippen molar-refractivity contribution in [3.8, 4) is 0 Å². The van der Waals surface area contributed by atoms with Gasteiger partial charge in [0.15, 0.2) is 0 Å². The third-order valence-corrected chi connectivity index (χ3v) is 5.28. The highest BCUT2D eigenvalue weighted by Crippen LogP contribution is 2.19. The van der Waals surface area contributed by atoms with Gasteiger partial charge in [-0.25, -0.2) is 9.18 Å². The molecule has 1 saturated heterocycles. The average Bonchev–Trinajstić information content (AvgIpc) is 2.71. The molecule has 7 heteroatoms. The highest BCUT2D eigenvalue weighted by molar-refractivity contribution is 5.95. The maximum absolute atomic E-state index is 13.4. The number of hydrogen-bond donors (Lipinski definition) is 3. The number of likely N-dealkylation sites (tertiary alicyclic amines) is 1. The van der Waals surface area contributed by atoms with E-state index in [-0.39, 0.29) is 29.8 Å². The first-order valence-corrected chi connectivity index (χ1v) is 9.86. The van der Waals surface area contributed by atoms with Gasteiger partial charge in [0.25, 0.3) is 0 Å². The minimum Gasteiger partial charge on any atom is -0.335 e. The number of aryl methyl sites for hydroxylation is 1. The molecule has 2 aromatic carbocycles. The summed E-state index contributed by atoms with van der Waals surface area (Å²) in [6.07, 6.45) is 1.53. The molecule has 0 radical (unpaired) electrons. The van der Waals surface area contributed by atoms with Crippen LogP contribution in [0.1, 0.15) is 25.3 Å². The van der Waals surface area contributed by atoms with Gasteiger partial charge in [-0.3, -0.25) is 9.69 Å². The summed E-state index contributed by atoms with van der Waals surface area (Å²) in [4.78, 5) is 26.8. The first-order valence-electron chi connectivity index (χ1n) is 9.86. The number of halogens is 1. The minimum absolute atomic E-state index is 0.0655. The van der Waals surface area contributed by atoms with Crippen LogP contribution in [-0.2, 0) is 4.79 Å². The SMILES string of the molecule is Cc1ccc(F)cc1NC(=O)C(C)N1CCC(NC(=O)Nc2ccccc2)CC1. The Kier molecular flexibility index (Phi) is 6.82. The number of amides is 3. The van der Waals surface area contributed by atoms with Crippen molar-refractivity contribution in [3.05, 3.63) is 59.9 Å². The molecule has 3 amide bonds. The van der Waals surface area contributed by atoms with Gasteiger partial charge in [0.2, 0.25) is 5.91 Å². The molecular weight excluding hydrogens is 371 g/mol. The molecule has 3 N–H and O–H groups in total. The van der Waals surface area contributed by atoms with Gasteiger partial charge in [-0.2, -0.15) is 0 Å². The molecule has 0 aliphatic carbocycles. The van der Waals surface area contributed by atoms with Gasteiger partial charge in [0, 0.05) is 30.5 Å². The van der Waals surface area contributed by atoms with Gasteiger partial charge in [0.05, 0.1) is 6.04 Å². The Bertz CT molecular complexity index is 851. The Morgan fingerprint density at radius 3 is 2.45 bits per heavy atom. The predicted octanol–water partition coefficient (Wildman–Crippen LogP) is 3.75. The van der Waals surface area contributed by atoms with Gasteiger partial charge in [-0.1, -0.05) is 24.3 Å². The average molecular weight is 398 g/mol. The van der Waals surface area contributed by atoms with Crippen LogP contribution in [0.25, 0.3) is 0 Å². The topological polar surface area (TPSA) is 73.5 Å². The summed E-state index contributed by atoms with van der Waals surface area (Å²) in [5.74, 6) is -0.536. The van der Waals surface area contributed by atoms with Crippen LogP contribution < -0.4 is 16.0 Å². The zero-order chi connectivity index (χ0) is 20.8. The van der Waals surface area contributed by atoms with Gasteiger partial charge < -0.3 is 16.0 Å². The molecule has 1 fully saturated rings. The number of urea groups is 1. The molecule has 154 valence electrons. The van der Waals surface area contributed by atoms with E-state index in [0.29, 0.717) is 18.8 Å². The van der Waals surface area contributed by atoms with E-state index in [9.17, 15) is 14.0 Å². The minimum atomic E-state index is -0.376. The van der Waals surface area contributed by atoms with Gasteiger partial charge in [0.1, 0.15) is 5.82 Å². The Morgan fingerprint density at radius 2 is 1.76 bits per heavy atom. The molecule has 29 heavy (non-hydrogen) atoms. The number of anilines is 2. The second-order valence-corrected chi connectivity index (χ2v) is 7.40. The number of carbonyl (C=O) groups is 2. The number of nitrogens with zero attached hydrogens (tertiary/aromatic N) is 1. The maximum atomic E-state index is 13.4. The molecule has 0 spiro atoms. The van der Waals surface area contributed by atoms with Crippen LogP contribution in [0, 0.1) is 12.7 Å². The largest absolute Gasteiger partial charge is 0.335 e. The summed E-state index contributed by atoms with van der Waals surface area (Å²) in [6, 6.07) is 13.2. The van der Waals surface area contributed by atoms with Crippen LogP contribution >= 0.6 is 0 Å². The number of nitrogens with one attached hydrogen (secondary N) is 3. The van der Waals surface area contributed by atoms with E-state index in [1.54, 1.807) is 6.07 Å². The van der Waals surface area contributed by atoms with Crippen molar-refractivity contribution in [1.82, 2.24) is 10.2 Å². The Morgan fingerprint density at radius 1 is 1.07 bits per heavy atom. The van der Waals surface area contributed by atoms with E-state index in [0.717, 1.165) is 24.1 Å². The fourth-order valence-corrected chi connectivity index (χ4v) is 3.44. The van der Waals surface area contributed by atoms with Gasteiger partial charge in [-0.05, 0) is 56.5 Å². The maximum Gasteiger partial charge on any atom is 0.319 e. The first kappa shape index (κ1) is 20.8. The summed E-state index contributed by atoms with van der Waals surface area (Å²) in [7, 11) is 0.